The van der Waals surface area contributed by atoms with Gasteiger partial charge in [-0.1, -0.05) is 53.7 Å². The third-order valence-electron chi connectivity index (χ3n) is 3.63. The zero-order chi connectivity index (χ0) is 17.6. The minimum atomic E-state index is -0.330. The van der Waals surface area contributed by atoms with E-state index in [4.69, 9.17) is 4.74 Å². The summed E-state index contributed by atoms with van der Waals surface area (Å²) >= 11 is 1.23. The number of carbonyl (C=O) groups excluding carboxylic acids is 1. The lowest BCUT2D eigenvalue weighted by Crippen LogP contribution is -2.07. The smallest absolute Gasteiger partial charge is 0.316 e. The maximum Gasteiger partial charge on any atom is 0.316 e. The van der Waals surface area contributed by atoms with Gasteiger partial charge in [0.2, 0.25) is 0 Å². The van der Waals surface area contributed by atoms with Crippen LogP contribution < -0.4 is 0 Å². The van der Waals surface area contributed by atoms with Crippen LogP contribution in [0, 0.1) is 18.3 Å². The number of thioether (sulfide) groups is 1. The molecule has 0 bridgehead atoms. The van der Waals surface area contributed by atoms with E-state index in [1.54, 1.807) is 0 Å². The summed E-state index contributed by atoms with van der Waals surface area (Å²) in [6, 6.07) is 19.4. The van der Waals surface area contributed by atoms with Crippen LogP contribution in [0.1, 0.15) is 16.7 Å². The first-order valence-electron chi connectivity index (χ1n) is 7.79. The molecule has 0 amide bonds. The number of nitrogens with zero attached hydrogens (tertiary/aromatic N) is 2. The third-order valence-corrected chi connectivity index (χ3v) is 4.59. The summed E-state index contributed by atoms with van der Waals surface area (Å²) in [5.41, 5.74) is 3.34. The van der Waals surface area contributed by atoms with Crippen LogP contribution in [0.4, 0.5) is 0 Å². The molecule has 25 heavy (non-hydrogen) atoms. The normalized spacial score (nSPS) is 10.4. The van der Waals surface area contributed by atoms with E-state index in [0.29, 0.717) is 10.6 Å². The number of aromatic nitrogens is 1. The van der Waals surface area contributed by atoms with Crippen LogP contribution in [-0.2, 0) is 16.1 Å². The number of aryl methyl sites for hydroxylation is 1. The largest absolute Gasteiger partial charge is 0.460 e. The van der Waals surface area contributed by atoms with Crippen LogP contribution in [0.2, 0.25) is 0 Å². The average Bonchev–Trinajstić information content (AvgIpc) is 2.64. The van der Waals surface area contributed by atoms with Gasteiger partial charge in [0.1, 0.15) is 17.7 Å². The quantitative estimate of drug-likeness (QED) is 0.509. The van der Waals surface area contributed by atoms with Crippen molar-refractivity contribution in [2.45, 2.75) is 18.6 Å². The number of ether oxygens (including phenoxy) is 1. The summed E-state index contributed by atoms with van der Waals surface area (Å²) in [5.74, 6) is -0.213. The van der Waals surface area contributed by atoms with Crippen LogP contribution in [0.5, 0.6) is 0 Å². The van der Waals surface area contributed by atoms with E-state index in [-0.39, 0.29) is 18.3 Å². The van der Waals surface area contributed by atoms with Gasteiger partial charge < -0.3 is 4.74 Å². The van der Waals surface area contributed by atoms with Crippen LogP contribution in [0.25, 0.3) is 10.9 Å². The van der Waals surface area contributed by atoms with E-state index in [1.807, 2.05) is 61.5 Å². The van der Waals surface area contributed by atoms with Crippen molar-refractivity contribution in [3.05, 3.63) is 71.3 Å². The van der Waals surface area contributed by atoms with E-state index in [0.717, 1.165) is 22.0 Å². The Morgan fingerprint density at radius 3 is 2.76 bits per heavy atom. The highest BCUT2D eigenvalue weighted by atomic mass is 32.2. The molecular formula is C20H16N2O2S. The first kappa shape index (κ1) is 17.0. The Kier molecular flexibility index (Phi) is 5.32. The van der Waals surface area contributed by atoms with Gasteiger partial charge in [0.15, 0.2) is 0 Å². The molecule has 0 spiro atoms. The van der Waals surface area contributed by atoms with Crippen LogP contribution >= 0.6 is 11.8 Å². The fourth-order valence-electron chi connectivity index (χ4n) is 2.38. The molecule has 1 heterocycles. The Bertz CT molecular complexity index is 949. The van der Waals surface area contributed by atoms with E-state index in [1.165, 1.54) is 11.8 Å². The molecule has 3 rings (SSSR count). The molecule has 0 radical (unpaired) electrons. The lowest BCUT2D eigenvalue weighted by atomic mass is 10.1. The van der Waals surface area contributed by atoms with E-state index in [9.17, 15) is 10.1 Å². The number of carbonyl (C=O) groups is 1. The van der Waals surface area contributed by atoms with Crippen LogP contribution in [0.15, 0.2) is 59.6 Å². The topological polar surface area (TPSA) is 63.0 Å². The minimum absolute atomic E-state index is 0.117. The Morgan fingerprint density at radius 1 is 1.20 bits per heavy atom. The molecule has 4 nitrogen and oxygen atoms in total. The lowest BCUT2D eigenvalue weighted by Gasteiger charge is -2.07. The number of rotatable bonds is 5. The van der Waals surface area contributed by atoms with Gasteiger partial charge in [-0.25, -0.2) is 4.98 Å². The van der Waals surface area contributed by atoms with Crippen LogP contribution in [0.3, 0.4) is 0 Å². The van der Waals surface area contributed by atoms with Gasteiger partial charge in [0, 0.05) is 5.39 Å². The molecule has 0 fully saturated rings. The highest BCUT2D eigenvalue weighted by molar-refractivity contribution is 7.99. The van der Waals surface area contributed by atoms with Gasteiger partial charge in [-0.3, -0.25) is 4.79 Å². The fourth-order valence-corrected chi connectivity index (χ4v) is 3.14. The Balaban J connectivity index is 1.67. The van der Waals surface area contributed by atoms with Gasteiger partial charge in [-0.05, 0) is 30.7 Å². The molecule has 0 aliphatic carbocycles. The molecule has 1 aromatic heterocycles. The summed E-state index contributed by atoms with van der Waals surface area (Å²) in [7, 11) is 0. The number of hydrogen-bond donors (Lipinski definition) is 0. The van der Waals surface area contributed by atoms with Crippen molar-refractivity contribution in [1.82, 2.24) is 4.98 Å². The molecule has 0 saturated heterocycles. The van der Waals surface area contributed by atoms with Crippen molar-refractivity contribution in [3.63, 3.8) is 0 Å². The van der Waals surface area contributed by atoms with Gasteiger partial charge in [0.25, 0.3) is 0 Å². The molecule has 5 heteroatoms. The second-order valence-electron chi connectivity index (χ2n) is 5.58. The van der Waals surface area contributed by atoms with Gasteiger partial charge in [0.05, 0.1) is 16.8 Å². The summed E-state index contributed by atoms with van der Waals surface area (Å²) in [6.45, 7) is 2.24. The van der Waals surface area contributed by atoms with Crippen molar-refractivity contribution in [3.8, 4) is 6.07 Å². The highest BCUT2D eigenvalue weighted by Crippen LogP contribution is 2.25. The molecule has 3 aromatic rings. The SMILES string of the molecule is Cc1ccc2nc(SCC(=O)OCc3ccccc3)c(C#N)cc2c1. The Morgan fingerprint density at radius 2 is 2.00 bits per heavy atom. The molecule has 0 unspecified atom stereocenters. The van der Waals surface area contributed by atoms with Crippen LogP contribution in [-0.4, -0.2) is 16.7 Å². The maximum atomic E-state index is 11.9. The number of fused-ring (bicyclic) bond motifs is 1. The van der Waals surface area contributed by atoms with Gasteiger partial charge in [-0.15, -0.1) is 0 Å². The average molecular weight is 348 g/mol. The van der Waals surface area contributed by atoms with Crippen molar-refractivity contribution in [1.29, 1.82) is 5.26 Å². The number of esters is 1. The van der Waals surface area contributed by atoms with E-state index in [2.05, 4.69) is 11.1 Å². The number of benzene rings is 2. The van der Waals surface area contributed by atoms with Gasteiger partial charge >= 0.3 is 5.97 Å². The number of hydrogen-bond acceptors (Lipinski definition) is 5. The first-order chi connectivity index (χ1) is 12.2. The Labute approximate surface area is 150 Å². The first-order valence-corrected chi connectivity index (χ1v) is 8.78. The van der Waals surface area contributed by atoms with Crippen molar-refractivity contribution in [2.75, 3.05) is 5.75 Å². The zero-order valence-corrected chi connectivity index (χ0v) is 14.5. The van der Waals surface area contributed by atoms with Gasteiger partial charge in [-0.2, -0.15) is 5.26 Å². The summed E-state index contributed by atoms with van der Waals surface area (Å²) < 4.78 is 5.26. The molecule has 2 aromatic carbocycles. The molecule has 0 atom stereocenters. The fraction of sp³-hybridized carbons (Fsp3) is 0.150. The summed E-state index contributed by atoms with van der Waals surface area (Å²) in [4.78, 5) is 16.5. The van der Waals surface area contributed by atoms with E-state index >= 15 is 0 Å². The lowest BCUT2D eigenvalue weighted by molar-refractivity contribution is -0.141. The molecule has 0 aliphatic heterocycles. The molecule has 124 valence electrons. The predicted octanol–water partition coefficient (Wildman–Crippen LogP) is 4.25. The summed E-state index contributed by atoms with van der Waals surface area (Å²) in [5, 5.41) is 10.8. The number of nitriles is 1. The molecule has 0 N–H and O–H groups in total. The zero-order valence-electron chi connectivity index (χ0n) is 13.7. The second kappa shape index (κ2) is 7.82. The second-order valence-corrected chi connectivity index (χ2v) is 6.55. The van der Waals surface area contributed by atoms with Crippen molar-refractivity contribution < 1.29 is 9.53 Å². The van der Waals surface area contributed by atoms with Crippen molar-refractivity contribution in [2.24, 2.45) is 0 Å². The van der Waals surface area contributed by atoms with E-state index < -0.39 is 0 Å². The molecule has 0 saturated carbocycles. The monoisotopic (exact) mass is 348 g/mol. The third kappa shape index (κ3) is 4.37. The number of pyridine rings is 1. The Hall–Kier alpha value is -2.84. The molecule has 0 aliphatic rings. The summed E-state index contributed by atoms with van der Waals surface area (Å²) in [6.07, 6.45) is 0. The minimum Gasteiger partial charge on any atom is -0.460 e. The molecular weight excluding hydrogens is 332 g/mol. The predicted molar refractivity (Wildman–Crippen MR) is 98.2 cm³/mol. The standard InChI is InChI=1S/C20H16N2O2S/c1-14-7-8-18-16(9-14)10-17(11-21)20(22-18)25-13-19(23)24-12-15-5-3-2-4-6-15/h2-10H,12-13H2,1H3. The maximum absolute atomic E-state index is 11.9. The van der Waals surface area contributed by atoms with Crippen molar-refractivity contribution >= 4 is 28.6 Å². The highest BCUT2D eigenvalue weighted by Gasteiger charge is 2.11.